The van der Waals surface area contributed by atoms with Crippen LogP contribution in [0, 0.1) is 0 Å². The number of benzene rings is 1. The highest BCUT2D eigenvalue weighted by Crippen LogP contribution is 2.19. The second-order valence-electron chi connectivity index (χ2n) is 5.14. The summed E-state index contributed by atoms with van der Waals surface area (Å²) in [6.45, 7) is 4.17. The third kappa shape index (κ3) is 3.94. The van der Waals surface area contributed by atoms with Crippen molar-refractivity contribution in [2.24, 2.45) is 5.84 Å². The Morgan fingerprint density at radius 1 is 1.42 bits per heavy atom. The van der Waals surface area contributed by atoms with Gasteiger partial charge in [-0.3, -0.25) is 10.3 Å². The van der Waals surface area contributed by atoms with Gasteiger partial charge in [0, 0.05) is 25.2 Å². The molecule has 2 atom stereocenters. The predicted molar refractivity (Wildman–Crippen MR) is 75.2 cm³/mol. The first-order chi connectivity index (χ1) is 9.19. The van der Waals surface area contributed by atoms with Crippen LogP contribution in [0.25, 0.3) is 0 Å². The number of carbonyl (C=O) groups excluding carboxylic acids is 1. The van der Waals surface area contributed by atoms with Gasteiger partial charge >= 0.3 is 6.03 Å². The van der Waals surface area contributed by atoms with Crippen LogP contribution >= 0.6 is 0 Å². The smallest absolute Gasteiger partial charge is 0.329 e. The van der Waals surface area contributed by atoms with Gasteiger partial charge in [-0.15, -0.1) is 0 Å². The summed E-state index contributed by atoms with van der Waals surface area (Å²) in [4.78, 5) is 13.7. The molecule has 5 heteroatoms. The fourth-order valence-electron chi connectivity index (χ4n) is 2.63. The van der Waals surface area contributed by atoms with Crippen molar-refractivity contribution in [3.63, 3.8) is 0 Å². The number of piperidine rings is 1. The Kier molecular flexibility index (Phi) is 4.76. The summed E-state index contributed by atoms with van der Waals surface area (Å²) in [6, 6.07) is 10.8. The first kappa shape index (κ1) is 13.8. The molecule has 5 nitrogen and oxygen atoms in total. The van der Waals surface area contributed by atoms with Gasteiger partial charge in [-0.05, 0) is 25.3 Å². The molecule has 104 valence electrons. The van der Waals surface area contributed by atoms with Crippen molar-refractivity contribution < 1.29 is 4.79 Å². The van der Waals surface area contributed by atoms with Gasteiger partial charge in [0.1, 0.15) is 0 Å². The number of nitrogens with zero attached hydrogens (tertiary/aromatic N) is 1. The normalized spacial score (nSPS) is 23.9. The number of hydrogen-bond donors (Lipinski definition) is 3. The summed E-state index contributed by atoms with van der Waals surface area (Å²) < 4.78 is 0. The molecule has 2 rings (SSSR count). The number of carbonyl (C=O) groups is 1. The third-order valence-corrected chi connectivity index (χ3v) is 3.71. The number of urea groups is 1. The predicted octanol–water partition coefficient (Wildman–Crippen LogP) is 1.21. The van der Waals surface area contributed by atoms with E-state index in [4.69, 9.17) is 5.84 Å². The number of likely N-dealkylation sites (tertiary alicyclic amines) is 1. The van der Waals surface area contributed by atoms with Crippen molar-refractivity contribution in [2.75, 3.05) is 6.54 Å². The number of nitrogens with two attached hydrogens (primary N) is 1. The molecule has 1 fully saturated rings. The van der Waals surface area contributed by atoms with Crippen molar-refractivity contribution >= 4 is 6.03 Å². The van der Waals surface area contributed by atoms with Crippen LogP contribution in [0.2, 0.25) is 0 Å². The Bertz CT molecular complexity index is 409. The van der Waals surface area contributed by atoms with Crippen LogP contribution in [0.5, 0.6) is 0 Å². The molecule has 0 aliphatic carbocycles. The summed E-state index contributed by atoms with van der Waals surface area (Å²) >= 11 is 0. The fourth-order valence-corrected chi connectivity index (χ4v) is 2.63. The third-order valence-electron chi connectivity index (χ3n) is 3.71. The lowest BCUT2D eigenvalue weighted by atomic mass is 9.97. The summed E-state index contributed by atoms with van der Waals surface area (Å²) in [6.07, 6.45) is 1.92. The minimum absolute atomic E-state index is 0.213. The Labute approximate surface area is 114 Å². The second-order valence-corrected chi connectivity index (χ2v) is 5.14. The first-order valence-corrected chi connectivity index (χ1v) is 6.74. The van der Waals surface area contributed by atoms with E-state index in [1.54, 1.807) is 0 Å². The fraction of sp³-hybridized carbons (Fsp3) is 0.500. The van der Waals surface area contributed by atoms with E-state index in [9.17, 15) is 4.79 Å². The maximum atomic E-state index is 11.2. The molecule has 1 saturated heterocycles. The molecular weight excluding hydrogens is 240 g/mol. The molecule has 19 heavy (non-hydrogen) atoms. The zero-order chi connectivity index (χ0) is 13.7. The molecule has 0 saturated carbocycles. The number of hydrazine groups is 1. The van der Waals surface area contributed by atoms with Gasteiger partial charge in [-0.25, -0.2) is 10.6 Å². The molecule has 0 spiro atoms. The Hall–Kier alpha value is -1.59. The van der Waals surface area contributed by atoms with Gasteiger partial charge in [0.2, 0.25) is 0 Å². The highest BCUT2D eigenvalue weighted by atomic mass is 16.2. The Morgan fingerprint density at radius 2 is 2.16 bits per heavy atom. The molecular formula is C14H22N4O. The maximum absolute atomic E-state index is 11.2. The van der Waals surface area contributed by atoms with Gasteiger partial charge in [0.15, 0.2) is 0 Å². The average Bonchev–Trinajstić information content (AvgIpc) is 2.43. The van der Waals surface area contributed by atoms with E-state index >= 15 is 0 Å². The van der Waals surface area contributed by atoms with Crippen LogP contribution in [0.15, 0.2) is 30.3 Å². The summed E-state index contributed by atoms with van der Waals surface area (Å²) in [5, 5.41) is 2.88. The van der Waals surface area contributed by atoms with Crippen LogP contribution in [-0.2, 0) is 6.54 Å². The molecule has 2 amide bonds. The van der Waals surface area contributed by atoms with Crippen molar-refractivity contribution in [2.45, 2.75) is 38.4 Å². The summed E-state index contributed by atoms with van der Waals surface area (Å²) in [5.74, 6) is 5.08. The minimum atomic E-state index is -0.297. The molecule has 0 aromatic heterocycles. The van der Waals surface area contributed by atoms with Crippen LogP contribution in [-0.4, -0.2) is 29.6 Å². The molecule has 2 unspecified atom stereocenters. The molecule has 0 radical (unpaired) electrons. The monoisotopic (exact) mass is 262 g/mol. The zero-order valence-corrected chi connectivity index (χ0v) is 11.3. The van der Waals surface area contributed by atoms with E-state index in [0.717, 1.165) is 25.9 Å². The van der Waals surface area contributed by atoms with Crippen LogP contribution in [0.3, 0.4) is 0 Å². The van der Waals surface area contributed by atoms with Crippen molar-refractivity contribution in [3.8, 4) is 0 Å². The van der Waals surface area contributed by atoms with Crippen molar-refractivity contribution in [3.05, 3.63) is 35.9 Å². The molecule has 1 aliphatic heterocycles. The molecule has 1 aliphatic rings. The molecule has 0 bridgehead atoms. The molecule has 4 N–H and O–H groups in total. The summed E-state index contributed by atoms with van der Waals surface area (Å²) in [7, 11) is 0. The standard InChI is InChI=1S/C14H22N4O/c1-11-9-13(16-14(19)17-15)7-8-18(11)10-12-5-3-2-4-6-12/h2-6,11,13H,7-10,15H2,1H3,(H2,16,17,19). The van der Waals surface area contributed by atoms with E-state index in [1.807, 2.05) is 6.07 Å². The van der Waals surface area contributed by atoms with Gasteiger partial charge in [0.05, 0.1) is 0 Å². The van der Waals surface area contributed by atoms with Gasteiger partial charge in [-0.1, -0.05) is 30.3 Å². The highest BCUT2D eigenvalue weighted by Gasteiger charge is 2.26. The lowest BCUT2D eigenvalue weighted by Gasteiger charge is -2.37. The van der Waals surface area contributed by atoms with E-state index in [-0.39, 0.29) is 12.1 Å². The highest BCUT2D eigenvalue weighted by molar-refractivity contribution is 5.73. The topological polar surface area (TPSA) is 70.4 Å². The van der Waals surface area contributed by atoms with Crippen LogP contribution in [0.4, 0.5) is 4.79 Å². The van der Waals surface area contributed by atoms with E-state index in [0.29, 0.717) is 6.04 Å². The molecule has 1 heterocycles. The second kappa shape index (κ2) is 6.54. The number of amides is 2. The average molecular weight is 262 g/mol. The van der Waals surface area contributed by atoms with E-state index in [2.05, 4.69) is 46.8 Å². The van der Waals surface area contributed by atoms with E-state index in [1.165, 1.54) is 5.56 Å². The SMILES string of the molecule is CC1CC(NC(=O)NN)CCN1Cc1ccccc1. The lowest BCUT2D eigenvalue weighted by molar-refractivity contribution is 0.130. The quantitative estimate of drug-likeness (QED) is 0.436. The largest absolute Gasteiger partial charge is 0.334 e. The van der Waals surface area contributed by atoms with E-state index < -0.39 is 0 Å². The molecule has 1 aromatic rings. The van der Waals surface area contributed by atoms with Gasteiger partial charge < -0.3 is 5.32 Å². The minimum Gasteiger partial charge on any atom is -0.334 e. The Balaban J connectivity index is 1.85. The number of rotatable bonds is 3. The van der Waals surface area contributed by atoms with Crippen LogP contribution in [0.1, 0.15) is 25.3 Å². The van der Waals surface area contributed by atoms with Gasteiger partial charge in [0.25, 0.3) is 0 Å². The zero-order valence-electron chi connectivity index (χ0n) is 11.3. The Morgan fingerprint density at radius 3 is 2.79 bits per heavy atom. The molecule has 1 aromatic carbocycles. The van der Waals surface area contributed by atoms with Crippen LogP contribution < -0.4 is 16.6 Å². The van der Waals surface area contributed by atoms with Crippen molar-refractivity contribution in [1.82, 2.24) is 15.6 Å². The lowest BCUT2D eigenvalue weighted by Crippen LogP contribution is -2.51. The van der Waals surface area contributed by atoms with Crippen molar-refractivity contribution in [1.29, 1.82) is 0 Å². The van der Waals surface area contributed by atoms with Gasteiger partial charge in [-0.2, -0.15) is 0 Å². The summed E-state index contributed by atoms with van der Waals surface area (Å²) in [5.41, 5.74) is 3.45. The number of nitrogens with one attached hydrogen (secondary N) is 2. The maximum Gasteiger partial charge on any atom is 0.329 e. The number of hydrogen-bond acceptors (Lipinski definition) is 3. The first-order valence-electron chi connectivity index (χ1n) is 6.74.